The number of nitrogens with two attached hydrogens (primary N) is 1. The average molecular weight is 506 g/mol. The van der Waals surface area contributed by atoms with Crippen LogP contribution in [0.5, 0.6) is 0 Å². The minimum absolute atomic E-state index is 0. The van der Waals surface area contributed by atoms with E-state index >= 15 is 0 Å². The molecule has 36 heavy (non-hydrogen) atoms. The van der Waals surface area contributed by atoms with E-state index in [0.717, 1.165) is 17.0 Å². The number of aryl methyl sites for hydroxylation is 1. The Kier molecular flexibility index (Phi) is 8.64. The molecule has 0 spiro atoms. The number of amidine groups is 1. The van der Waals surface area contributed by atoms with Crippen LogP contribution < -0.4 is 16.4 Å². The minimum Gasteiger partial charge on any atom is -0.462 e. The van der Waals surface area contributed by atoms with Crippen molar-refractivity contribution < 1.29 is 14.3 Å². The number of hydrogen-bond donors (Lipinski definition) is 3. The minimum atomic E-state index is -0.518. The fourth-order valence-electron chi connectivity index (χ4n) is 3.50. The van der Waals surface area contributed by atoms with Gasteiger partial charge in [0.1, 0.15) is 18.3 Å². The maximum Gasteiger partial charge on any atom is 0.338 e. The summed E-state index contributed by atoms with van der Waals surface area (Å²) in [6.07, 6.45) is 0.00960. The molecule has 1 aromatic heterocycles. The predicted molar refractivity (Wildman–Crippen MR) is 141 cm³/mol. The van der Waals surface area contributed by atoms with E-state index in [9.17, 15) is 9.59 Å². The Morgan fingerprint density at radius 1 is 1.06 bits per heavy atom. The molecule has 4 rings (SSSR count). The average Bonchev–Trinajstić information content (AvgIpc) is 3.18. The van der Waals surface area contributed by atoms with Gasteiger partial charge in [0.05, 0.1) is 35.2 Å². The van der Waals surface area contributed by atoms with Gasteiger partial charge in [0, 0.05) is 18.3 Å². The number of ether oxygens (including phenoxy) is 1. The monoisotopic (exact) mass is 505 g/mol. The summed E-state index contributed by atoms with van der Waals surface area (Å²) >= 11 is 0. The van der Waals surface area contributed by atoms with E-state index in [1.54, 1.807) is 48.5 Å². The van der Waals surface area contributed by atoms with Crippen LogP contribution in [-0.4, -0.2) is 33.9 Å². The molecule has 0 aliphatic rings. The molecule has 4 N–H and O–H groups in total. The van der Waals surface area contributed by atoms with Crippen molar-refractivity contribution in [1.29, 1.82) is 5.41 Å². The number of imidazole rings is 1. The standard InChI is InChI=1S/C26H25N6O3.ClH/c1-32-22-12-9-18(26(34)35-14-13-24(33)30-20-5-3-2-4-6-20)15-21(22)31-23(32)16-29-19-10-7-17(8-11-19)25(27)28;/h2-12,15,29H,13-14,16H2,1H3,(H3,27,28);1H. The smallest absolute Gasteiger partial charge is 0.338 e. The van der Waals surface area contributed by atoms with Crippen molar-refractivity contribution in [2.24, 2.45) is 12.8 Å². The number of nitrogen functional groups attached to an aromatic ring is 1. The highest BCUT2D eigenvalue weighted by atomic mass is 35.5. The Hall–Kier alpha value is -4.37. The largest absolute Gasteiger partial charge is 0.462 e. The van der Waals surface area contributed by atoms with E-state index in [1.165, 1.54) is 0 Å². The van der Waals surface area contributed by atoms with E-state index < -0.39 is 5.97 Å². The zero-order valence-electron chi connectivity index (χ0n) is 19.6. The first-order valence-electron chi connectivity index (χ1n) is 11.0. The summed E-state index contributed by atoms with van der Waals surface area (Å²) in [5.74, 6) is -0.0585. The summed E-state index contributed by atoms with van der Waals surface area (Å²) in [6.45, 7) is 0.420. The van der Waals surface area contributed by atoms with Crippen LogP contribution in [0.3, 0.4) is 0 Å². The molecular weight excluding hydrogens is 480 g/mol. The highest BCUT2D eigenvalue weighted by Gasteiger charge is 2.14. The zero-order valence-corrected chi connectivity index (χ0v) is 20.4. The van der Waals surface area contributed by atoms with Gasteiger partial charge in [-0.3, -0.25) is 10.2 Å². The molecule has 0 aliphatic carbocycles. The second kappa shape index (κ2) is 11.9. The van der Waals surface area contributed by atoms with Crippen LogP contribution >= 0.6 is 12.4 Å². The fourth-order valence-corrected chi connectivity index (χ4v) is 3.50. The first-order chi connectivity index (χ1) is 16.9. The molecule has 0 saturated heterocycles. The van der Waals surface area contributed by atoms with Crippen LogP contribution in [0.15, 0.2) is 72.8 Å². The lowest BCUT2D eigenvalue weighted by molar-refractivity contribution is -0.120. The van der Waals surface area contributed by atoms with Gasteiger partial charge in [0.2, 0.25) is 5.91 Å². The number of carbonyl (C=O) groups excluding carboxylic acids is 2. The number of nitrogens with one attached hydrogen (secondary N) is 2. The number of halogens is 1. The molecule has 9 nitrogen and oxygen atoms in total. The summed E-state index contributed by atoms with van der Waals surface area (Å²) in [4.78, 5) is 29.1. The van der Waals surface area contributed by atoms with Gasteiger partial charge in [0.15, 0.2) is 0 Å². The second-order valence-corrected chi connectivity index (χ2v) is 7.86. The summed E-state index contributed by atoms with van der Waals surface area (Å²) < 4.78 is 7.21. The molecule has 1 radical (unpaired) electrons. The topological polar surface area (TPSA) is 137 Å². The van der Waals surface area contributed by atoms with Crippen molar-refractivity contribution in [2.75, 3.05) is 11.9 Å². The van der Waals surface area contributed by atoms with E-state index in [4.69, 9.17) is 15.9 Å². The Bertz CT molecular complexity index is 1370. The van der Waals surface area contributed by atoms with Crippen molar-refractivity contribution in [3.05, 3.63) is 89.7 Å². The Morgan fingerprint density at radius 2 is 1.75 bits per heavy atom. The highest BCUT2D eigenvalue weighted by molar-refractivity contribution is 5.95. The van der Waals surface area contributed by atoms with Crippen LogP contribution in [0.1, 0.15) is 28.2 Å². The summed E-state index contributed by atoms with van der Waals surface area (Å²) in [6, 6.07) is 21.4. The molecule has 0 bridgehead atoms. The van der Waals surface area contributed by atoms with E-state index in [-0.39, 0.29) is 37.2 Å². The third-order valence-electron chi connectivity index (χ3n) is 5.41. The number of para-hydroxylation sites is 1. The second-order valence-electron chi connectivity index (χ2n) is 7.86. The van der Waals surface area contributed by atoms with Crippen molar-refractivity contribution >= 4 is 52.5 Å². The lowest BCUT2D eigenvalue weighted by Gasteiger charge is -2.07. The van der Waals surface area contributed by atoms with Crippen LogP contribution in [0.4, 0.5) is 11.4 Å². The fraction of sp³-hybridized carbons (Fsp3) is 0.154. The number of carbonyl (C=O) groups is 2. The number of amides is 1. The summed E-state index contributed by atoms with van der Waals surface area (Å²) in [5, 5.41) is 14.7. The molecular formula is C26H26ClN6O3. The Morgan fingerprint density at radius 3 is 2.44 bits per heavy atom. The molecule has 0 aliphatic heterocycles. The third kappa shape index (κ3) is 6.39. The van der Waals surface area contributed by atoms with E-state index in [2.05, 4.69) is 15.6 Å². The first kappa shape index (κ1) is 26.2. The van der Waals surface area contributed by atoms with Gasteiger partial charge in [-0.25, -0.2) is 15.1 Å². The number of rotatable bonds is 9. The van der Waals surface area contributed by atoms with Crippen LogP contribution in [-0.2, 0) is 23.1 Å². The summed E-state index contributed by atoms with van der Waals surface area (Å²) in [7, 11) is 1.91. The number of esters is 1. The van der Waals surface area contributed by atoms with Crippen LogP contribution in [0.2, 0.25) is 0 Å². The van der Waals surface area contributed by atoms with Gasteiger partial charge in [-0.1, -0.05) is 18.2 Å². The lowest BCUT2D eigenvalue weighted by atomic mass is 10.2. The van der Waals surface area contributed by atoms with Gasteiger partial charge >= 0.3 is 5.97 Å². The zero-order chi connectivity index (χ0) is 24.8. The van der Waals surface area contributed by atoms with Crippen LogP contribution in [0.25, 0.3) is 11.0 Å². The molecule has 4 aromatic rings. The van der Waals surface area contributed by atoms with E-state index in [1.807, 2.05) is 35.9 Å². The number of aromatic nitrogens is 2. The number of benzene rings is 3. The predicted octanol–water partition coefficient (Wildman–Crippen LogP) is 3.90. The number of anilines is 1. The van der Waals surface area contributed by atoms with Gasteiger partial charge < -0.3 is 20.4 Å². The van der Waals surface area contributed by atoms with Crippen molar-refractivity contribution in [3.63, 3.8) is 0 Å². The number of nitrogens with zero attached hydrogens (tertiary/aromatic N) is 3. The van der Waals surface area contributed by atoms with Gasteiger partial charge in [0.25, 0.3) is 0 Å². The third-order valence-corrected chi connectivity index (χ3v) is 5.41. The van der Waals surface area contributed by atoms with Crippen LogP contribution in [0, 0.1) is 5.41 Å². The molecule has 1 amide bonds. The SMILES string of the molecule is Cl.Cn1c(CNc2ccc(C(=N)N)cc2)nc2cc(C(=O)OCCC(=O)[N]c3ccccc3)ccc21. The van der Waals surface area contributed by atoms with Gasteiger partial charge in [-0.2, -0.15) is 0 Å². The van der Waals surface area contributed by atoms with Crippen molar-refractivity contribution in [2.45, 2.75) is 13.0 Å². The van der Waals surface area contributed by atoms with Gasteiger partial charge in [-0.05, 0) is 54.6 Å². The Labute approximate surface area is 214 Å². The summed E-state index contributed by atoms with van der Waals surface area (Å²) in [5.41, 5.74) is 9.51. The molecule has 0 fully saturated rings. The van der Waals surface area contributed by atoms with Crippen molar-refractivity contribution in [3.8, 4) is 0 Å². The quantitative estimate of drug-likeness (QED) is 0.179. The number of fused-ring (bicyclic) bond motifs is 1. The molecule has 3 aromatic carbocycles. The first-order valence-corrected chi connectivity index (χ1v) is 11.0. The molecule has 1 heterocycles. The maximum absolute atomic E-state index is 12.5. The molecule has 0 atom stereocenters. The molecule has 0 saturated carbocycles. The normalized spacial score (nSPS) is 10.4. The maximum atomic E-state index is 12.5. The van der Waals surface area contributed by atoms with Crippen molar-refractivity contribution in [1.82, 2.24) is 14.9 Å². The lowest BCUT2D eigenvalue weighted by Crippen LogP contribution is -2.15. The number of hydrogen-bond acceptors (Lipinski definition) is 6. The Balaban J connectivity index is 0.00000361. The molecule has 185 valence electrons. The van der Waals surface area contributed by atoms with Gasteiger partial charge in [-0.15, -0.1) is 12.4 Å². The highest BCUT2D eigenvalue weighted by Crippen LogP contribution is 2.19. The molecule has 0 unspecified atom stereocenters. The molecule has 10 heteroatoms. The van der Waals surface area contributed by atoms with E-state index in [0.29, 0.717) is 28.9 Å².